The zero-order chi connectivity index (χ0) is 18.0. The summed E-state index contributed by atoms with van der Waals surface area (Å²) in [5.74, 6) is -0.968. The van der Waals surface area contributed by atoms with E-state index < -0.39 is 5.97 Å². The maximum absolute atomic E-state index is 12.5. The van der Waals surface area contributed by atoms with Crippen molar-refractivity contribution in [3.63, 3.8) is 0 Å². The van der Waals surface area contributed by atoms with Crippen molar-refractivity contribution in [1.29, 1.82) is 0 Å². The summed E-state index contributed by atoms with van der Waals surface area (Å²) in [4.78, 5) is 29.5. The topological polar surface area (TPSA) is 94.3 Å². The van der Waals surface area contributed by atoms with Crippen LogP contribution in [0.1, 0.15) is 29.9 Å². The summed E-state index contributed by atoms with van der Waals surface area (Å²) in [6.07, 6.45) is 0. The number of fused-ring (bicyclic) bond motifs is 1. The van der Waals surface area contributed by atoms with Gasteiger partial charge in [0.05, 0.1) is 27.2 Å². The molecule has 7 nitrogen and oxygen atoms in total. The molecule has 0 saturated heterocycles. The van der Waals surface area contributed by atoms with E-state index >= 15 is 0 Å². The molecule has 3 heterocycles. The fraction of sp³-hybridized carbons (Fsp3) is 0.294. The van der Waals surface area contributed by atoms with E-state index in [9.17, 15) is 9.59 Å². The number of thiophene rings is 1. The van der Waals surface area contributed by atoms with Crippen LogP contribution in [0.2, 0.25) is 0 Å². The van der Waals surface area contributed by atoms with Crippen LogP contribution in [0.15, 0.2) is 28.1 Å². The second kappa shape index (κ2) is 7.02. The minimum Gasteiger partial charge on any atom is -0.452 e. The summed E-state index contributed by atoms with van der Waals surface area (Å²) in [7, 11) is 0. The van der Waals surface area contributed by atoms with E-state index in [-0.39, 0.29) is 29.8 Å². The van der Waals surface area contributed by atoms with Crippen LogP contribution in [0.4, 0.5) is 0 Å². The maximum Gasteiger partial charge on any atom is 0.339 e. The SMILES string of the molecule is Cc1noc2nc(-c3cccs3)cc(C(=O)OCC(=O)NC(C)C)c12. The van der Waals surface area contributed by atoms with Gasteiger partial charge in [-0.15, -0.1) is 11.3 Å². The molecular formula is C17H17N3O4S. The van der Waals surface area contributed by atoms with Crippen molar-refractivity contribution in [2.75, 3.05) is 6.61 Å². The van der Waals surface area contributed by atoms with Gasteiger partial charge in [0.15, 0.2) is 6.61 Å². The molecule has 1 N–H and O–H groups in total. The molecule has 3 aromatic rings. The summed E-state index contributed by atoms with van der Waals surface area (Å²) >= 11 is 1.50. The van der Waals surface area contributed by atoms with Crippen molar-refractivity contribution in [2.45, 2.75) is 26.8 Å². The number of amides is 1. The monoisotopic (exact) mass is 359 g/mol. The third-order valence-electron chi connectivity index (χ3n) is 3.39. The van der Waals surface area contributed by atoms with Gasteiger partial charge in [0.2, 0.25) is 0 Å². The highest BCUT2D eigenvalue weighted by atomic mass is 32.1. The number of nitrogens with zero attached hydrogens (tertiary/aromatic N) is 2. The van der Waals surface area contributed by atoms with Crippen molar-refractivity contribution < 1.29 is 18.8 Å². The van der Waals surface area contributed by atoms with Crippen molar-refractivity contribution in [3.8, 4) is 10.6 Å². The molecule has 0 aromatic carbocycles. The van der Waals surface area contributed by atoms with Gasteiger partial charge in [0.1, 0.15) is 0 Å². The van der Waals surface area contributed by atoms with Crippen LogP contribution < -0.4 is 5.32 Å². The van der Waals surface area contributed by atoms with Crippen molar-refractivity contribution in [3.05, 3.63) is 34.8 Å². The maximum atomic E-state index is 12.5. The Morgan fingerprint density at radius 1 is 1.40 bits per heavy atom. The number of hydrogen-bond acceptors (Lipinski definition) is 7. The van der Waals surface area contributed by atoms with Crippen molar-refractivity contribution in [1.82, 2.24) is 15.5 Å². The number of nitrogens with one attached hydrogen (secondary N) is 1. The van der Waals surface area contributed by atoms with Gasteiger partial charge in [0, 0.05) is 6.04 Å². The van der Waals surface area contributed by atoms with Gasteiger partial charge in [-0.3, -0.25) is 4.79 Å². The highest BCUT2D eigenvalue weighted by Crippen LogP contribution is 2.29. The molecule has 25 heavy (non-hydrogen) atoms. The third kappa shape index (κ3) is 3.69. The number of hydrogen-bond donors (Lipinski definition) is 1. The second-order valence-corrected chi connectivity index (χ2v) is 6.73. The van der Waals surface area contributed by atoms with Gasteiger partial charge in [-0.05, 0) is 38.3 Å². The number of ether oxygens (including phenoxy) is 1. The molecule has 0 radical (unpaired) electrons. The molecule has 0 aliphatic rings. The quantitative estimate of drug-likeness (QED) is 0.704. The fourth-order valence-electron chi connectivity index (χ4n) is 2.38. The van der Waals surface area contributed by atoms with Crippen molar-refractivity contribution >= 4 is 34.3 Å². The average Bonchev–Trinajstić information content (AvgIpc) is 3.21. The van der Waals surface area contributed by atoms with E-state index in [0.29, 0.717) is 16.8 Å². The first kappa shape index (κ1) is 17.1. The summed E-state index contributed by atoms with van der Waals surface area (Å²) in [6, 6.07) is 5.41. The Balaban J connectivity index is 1.92. The summed E-state index contributed by atoms with van der Waals surface area (Å²) < 4.78 is 10.4. The van der Waals surface area contributed by atoms with Crippen LogP contribution in [0.25, 0.3) is 21.7 Å². The molecule has 8 heteroatoms. The van der Waals surface area contributed by atoms with Gasteiger partial charge in [-0.1, -0.05) is 11.2 Å². The molecule has 0 unspecified atom stereocenters. The van der Waals surface area contributed by atoms with Crippen LogP contribution >= 0.6 is 11.3 Å². The molecule has 1 amide bonds. The largest absolute Gasteiger partial charge is 0.452 e. The van der Waals surface area contributed by atoms with Crippen molar-refractivity contribution in [2.24, 2.45) is 0 Å². The normalized spacial score (nSPS) is 11.0. The number of aryl methyl sites for hydroxylation is 1. The van der Waals surface area contributed by atoms with Crippen LogP contribution in [0, 0.1) is 6.92 Å². The standard InChI is InChI=1S/C17H17N3O4S/c1-9(2)18-14(21)8-23-17(22)11-7-12(13-5-4-6-25-13)19-16-15(11)10(3)20-24-16/h4-7,9H,8H2,1-3H3,(H,18,21). The Bertz CT molecular complexity index is 916. The second-order valence-electron chi connectivity index (χ2n) is 5.78. The lowest BCUT2D eigenvalue weighted by atomic mass is 10.1. The Labute approximate surface area is 148 Å². The number of rotatable bonds is 5. The molecule has 3 aromatic heterocycles. The Kier molecular flexibility index (Phi) is 4.80. The molecule has 130 valence electrons. The molecule has 0 fully saturated rings. The summed E-state index contributed by atoms with van der Waals surface area (Å²) in [6.45, 7) is 5.04. The van der Waals surface area contributed by atoms with E-state index in [2.05, 4.69) is 15.5 Å². The molecule has 0 aliphatic heterocycles. The lowest BCUT2D eigenvalue weighted by Crippen LogP contribution is -2.34. The number of esters is 1. The van der Waals surface area contributed by atoms with Gasteiger partial charge in [-0.2, -0.15) is 0 Å². The Morgan fingerprint density at radius 3 is 2.88 bits per heavy atom. The fourth-order valence-corrected chi connectivity index (χ4v) is 3.06. The number of pyridine rings is 1. The zero-order valence-electron chi connectivity index (χ0n) is 14.0. The summed E-state index contributed by atoms with van der Waals surface area (Å²) in [5.41, 5.74) is 1.68. The lowest BCUT2D eigenvalue weighted by molar-refractivity contribution is -0.124. The molecule has 3 rings (SSSR count). The van der Waals surface area contributed by atoms with Crippen LogP contribution in [-0.4, -0.2) is 34.7 Å². The third-order valence-corrected chi connectivity index (χ3v) is 4.29. The smallest absolute Gasteiger partial charge is 0.339 e. The van der Waals surface area contributed by atoms with E-state index in [1.165, 1.54) is 11.3 Å². The zero-order valence-corrected chi connectivity index (χ0v) is 14.8. The Morgan fingerprint density at radius 2 is 2.20 bits per heavy atom. The predicted octanol–water partition coefficient (Wildman–Crippen LogP) is 2.94. The Hall–Kier alpha value is -2.74. The average molecular weight is 359 g/mol. The molecular weight excluding hydrogens is 342 g/mol. The first-order chi connectivity index (χ1) is 12.0. The van der Waals surface area contributed by atoms with E-state index in [0.717, 1.165) is 4.88 Å². The summed E-state index contributed by atoms with van der Waals surface area (Å²) in [5, 5.41) is 8.96. The molecule has 0 atom stereocenters. The molecule has 0 aliphatic carbocycles. The minimum absolute atomic E-state index is 0.0235. The molecule has 0 saturated carbocycles. The number of carbonyl (C=O) groups is 2. The van der Waals surface area contributed by atoms with Crippen LogP contribution in [0.3, 0.4) is 0 Å². The minimum atomic E-state index is -0.615. The van der Waals surface area contributed by atoms with Gasteiger partial charge >= 0.3 is 5.97 Å². The first-order valence-electron chi connectivity index (χ1n) is 7.73. The molecule has 0 bridgehead atoms. The van der Waals surface area contributed by atoms with E-state index in [1.54, 1.807) is 13.0 Å². The highest BCUT2D eigenvalue weighted by molar-refractivity contribution is 7.13. The molecule has 0 spiro atoms. The highest BCUT2D eigenvalue weighted by Gasteiger charge is 2.21. The predicted molar refractivity (Wildman–Crippen MR) is 93.4 cm³/mol. The van der Waals surface area contributed by atoms with Gasteiger partial charge < -0.3 is 14.6 Å². The van der Waals surface area contributed by atoms with E-state index in [4.69, 9.17) is 9.26 Å². The number of aromatic nitrogens is 2. The number of carbonyl (C=O) groups excluding carboxylic acids is 2. The lowest BCUT2D eigenvalue weighted by Gasteiger charge is -2.09. The van der Waals surface area contributed by atoms with Crippen LogP contribution in [-0.2, 0) is 9.53 Å². The van der Waals surface area contributed by atoms with Gasteiger partial charge in [0.25, 0.3) is 11.6 Å². The first-order valence-corrected chi connectivity index (χ1v) is 8.61. The van der Waals surface area contributed by atoms with Crippen LogP contribution in [0.5, 0.6) is 0 Å². The van der Waals surface area contributed by atoms with E-state index in [1.807, 2.05) is 31.4 Å². The van der Waals surface area contributed by atoms with Gasteiger partial charge in [-0.25, -0.2) is 9.78 Å².